The Bertz CT molecular complexity index is 1340. The van der Waals surface area contributed by atoms with E-state index in [0.29, 0.717) is 40.2 Å². The van der Waals surface area contributed by atoms with E-state index >= 15 is 0 Å². The Kier molecular flexibility index (Phi) is 6.07. The lowest BCUT2D eigenvalue weighted by atomic mass is 10.2. The van der Waals surface area contributed by atoms with Gasteiger partial charge in [-0.15, -0.1) is 5.10 Å². The molecule has 1 saturated heterocycles. The highest BCUT2D eigenvalue weighted by Crippen LogP contribution is 2.42. The van der Waals surface area contributed by atoms with Crippen molar-refractivity contribution in [1.29, 1.82) is 0 Å². The predicted octanol–water partition coefficient (Wildman–Crippen LogP) is 4.83. The molecule has 0 atom stereocenters. The number of benzene rings is 2. The van der Waals surface area contributed by atoms with Crippen LogP contribution in [0.5, 0.6) is 28.9 Å². The van der Waals surface area contributed by atoms with Crippen LogP contribution in [-0.4, -0.2) is 54.0 Å². The topological polar surface area (TPSA) is 83.2 Å². The van der Waals surface area contributed by atoms with Crippen molar-refractivity contribution in [3.63, 3.8) is 0 Å². The first-order valence-electron chi connectivity index (χ1n) is 11.6. The normalized spacial score (nSPS) is 13.3. The van der Waals surface area contributed by atoms with Crippen LogP contribution < -0.4 is 23.8 Å². The number of fused-ring (bicyclic) bond motifs is 1. The van der Waals surface area contributed by atoms with Crippen LogP contribution in [0.4, 0.5) is 5.69 Å². The second kappa shape index (κ2) is 9.32. The first-order valence-corrected chi connectivity index (χ1v) is 11.6. The largest absolute Gasteiger partial charge is 0.493 e. The van der Waals surface area contributed by atoms with E-state index < -0.39 is 0 Å². The molecule has 0 bridgehead atoms. The fourth-order valence-electron chi connectivity index (χ4n) is 4.51. The van der Waals surface area contributed by atoms with E-state index in [2.05, 4.69) is 34.1 Å². The summed E-state index contributed by atoms with van der Waals surface area (Å²) in [7, 11) is 4.70. The summed E-state index contributed by atoms with van der Waals surface area (Å²) >= 11 is 0. The minimum Gasteiger partial charge on any atom is -0.493 e. The Labute approximate surface area is 204 Å². The fourth-order valence-corrected chi connectivity index (χ4v) is 4.51. The van der Waals surface area contributed by atoms with Gasteiger partial charge in [0, 0.05) is 36.5 Å². The van der Waals surface area contributed by atoms with Gasteiger partial charge in [0.15, 0.2) is 22.8 Å². The van der Waals surface area contributed by atoms with Crippen molar-refractivity contribution in [2.75, 3.05) is 39.3 Å². The summed E-state index contributed by atoms with van der Waals surface area (Å²) in [5.74, 6) is 3.67. The third-order valence-electron chi connectivity index (χ3n) is 6.24. The third kappa shape index (κ3) is 4.18. The smallest absolute Gasteiger partial charge is 0.249 e. The molecule has 0 N–H and O–H groups in total. The Morgan fingerprint density at radius 2 is 1.49 bits per heavy atom. The summed E-state index contributed by atoms with van der Waals surface area (Å²) in [5.41, 5.74) is 3.60. The van der Waals surface area contributed by atoms with Crippen molar-refractivity contribution in [3.8, 4) is 40.3 Å². The zero-order valence-electron chi connectivity index (χ0n) is 20.7. The van der Waals surface area contributed by atoms with Crippen LogP contribution >= 0.6 is 0 Å². The third-order valence-corrected chi connectivity index (χ3v) is 6.24. The molecule has 1 aliphatic rings. The molecule has 1 aliphatic heterocycles. The number of methoxy groups -OCH3 is 3. The van der Waals surface area contributed by atoms with Crippen LogP contribution in [0.3, 0.4) is 0 Å². The van der Waals surface area contributed by atoms with E-state index in [1.807, 2.05) is 13.8 Å². The summed E-state index contributed by atoms with van der Waals surface area (Å²) in [6.07, 6.45) is 2.48. The Balaban J connectivity index is 1.58. The molecule has 182 valence electrons. The molecule has 2 aromatic heterocycles. The second-order valence-electron chi connectivity index (χ2n) is 8.45. The van der Waals surface area contributed by atoms with E-state index in [-0.39, 0.29) is 0 Å². The average Bonchev–Trinajstić information content (AvgIpc) is 3.52. The molecule has 2 aromatic carbocycles. The van der Waals surface area contributed by atoms with Gasteiger partial charge in [0.05, 0.1) is 27.0 Å². The van der Waals surface area contributed by atoms with E-state index in [0.717, 1.165) is 30.2 Å². The lowest BCUT2D eigenvalue weighted by Gasteiger charge is -2.17. The van der Waals surface area contributed by atoms with Crippen LogP contribution in [0.15, 0.2) is 36.4 Å². The van der Waals surface area contributed by atoms with Gasteiger partial charge in [0.1, 0.15) is 11.6 Å². The first-order chi connectivity index (χ1) is 17.0. The number of aryl methyl sites for hydroxylation is 2. The predicted molar refractivity (Wildman–Crippen MR) is 133 cm³/mol. The van der Waals surface area contributed by atoms with Crippen LogP contribution in [0, 0.1) is 13.8 Å². The Morgan fingerprint density at radius 1 is 0.829 bits per heavy atom. The summed E-state index contributed by atoms with van der Waals surface area (Å²) < 4.78 is 24.5. The molecule has 35 heavy (non-hydrogen) atoms. The molecule has 4 aromatic rings. The monoisotopic (exact) mass is 475 g/mol. The molecule has 9 nitrogen and oxygen atoms in total. The van der Waals surface area contributed by atoms with Gasteiger partial charge in [-0.3, -0.25) is 0 Å². The lowest BCUT2D eigenvalue weighted by molar-refractivity contribution is 0.320. The average molecular weight is 476 g/mol. The molecule has 0 saturated carbocycles. The number of imidazole rings is 1. The molecule has 0 radical (unpaired) electrons. The second-order valence-corrected chi connectivity index (χ2v) is 8.45. The molecule has 0 unspecified atom stereocenters. The maximum Gasteiger partial charge on any atom is 0.249 e. The first kappa shape index (κ1) is 22.8. The van der Waals surface area contributed by atoms with Crippen LogP contribution in [0.2, 0.25) is 0 Å². The van der Waals surface area contributed by atoms with Gasteiger partial charge in [-0.1, -0.05) is 0 Å². The maximum absolute atomic E-state index is 6.30. The van der Waals surface area contributed by atoms with E-state index in [1.165, 1.54) is 18.5 Å². The summed E-state index contributed by atoms with van der Waals surface area (Å²) in [6.45, 7) is 6.03. The maximum atomic E-state index is 6.30. The summed E-state index contributed by atoms with van der Waals surface area (Å²) in [5, 5.41) is 4.77. The zero-order chi connectivity index (χ0) is 24.5. The van der Waals surface area contributed by atoms with Crippen molar-refractivity contribution < 1.29 is 18.9 Å². The van der Waals surface area contributed by atoms with Gasteiger partial charge in [-0.05, 0) is 51.0 Å². The number of nitrogens with zero attached hydrogens (tertiary/aromatic N) is 5. The number of anilines is 1. The van der Waals surface area contributed by atoms with Crippen molar-refractivity contribution in [3.05, 3.63) is 47.9 Å². The van der Waals surface area contributed by atoms with Gasteiger partial charge in [0.2, 0.25) is 11.6 Å². The van der Waals surface area contributed by atoms with Crippen LogP contribution in [0.25, 0.3) is 16.9 Å². The number of rotatable bonds is 7. The highest BCUT2D eigenvalue weighted by Gasteiger charge is 2.20. The van der Waals surface area contributed by atoms with Crippen molar-refractivity contribution in [2.45, 2.75) is 26.7 Å². The zero-order valence-corrected chi connectivity index (χ0v) is 20.7. The molecule has 0 spiro atoms. The molecular formula is C26H29N5O4. The molecule has 9 heteroatoms. The lowest BCUT2D eigenvalue weighted by Crippen LogP contribution is -2.17. The molecular weight excluding hydrogens is 446 g/mol. The highest BCUT2D eigenvalue weighted by atomic mass is 16.5. The summed E-state index contributed by atoms with van der Waals surface area (Å²) in [4.78, 5) is 11.8. The van der Waals surface area contributed by atoms with Gasteiger partial charge in [-0.25, -0.2) is 9.50 Å². The van der Waals surface area contributed by atoms with Crippen LogP contribution in [0.1, 0.15) is 24.4 Å². The fraction of sp³-hybridized carbons (Fsp3) is 0.346. The number of hydrogen-bond acceptors (Lipinski definition) is 8. The minimum absolute atomic E-state index is 0.394. The van der Waals surface area contributed by atoms with Gasteiger partial charge < -0.3 is 23.8 Å². The van der Waals surface area contributed by atoms with Gasteiger partial charge in [-0.2, -0.15) is 4.98 Å². The van der Waals surface area contributed by atoms with Crippen molar-refractivity contribution >= 4 is 11.2 Å². The Hall–Kier alpha value is -4.01. The quantitative estimate of drug-likeness (QED) is 0.376. The van der Waals surface area contributed by atoms with Crippen LogP contribution in [-0.2, 0) is 0 Å². The SMILES string of the molecule is COc1cc(Oc2nc(-c3ccc(N4CCCC4)cc3)nn3c(C)nc(C)c23)cc(OC)c1OC. The van der Waals surface area contributed by atoms with E-state index in [1.54, 1.807) is 38.0 Å². The van der Waals surface area contributed by atoms with Gasteiger partial charge >= 0.3 is 0 Å². The number of ether oxygens (including phenoxy) is 4. The standard InChI is InChI=1S/C26H29N5O4/c1-16-23-26(35-20-14-21(32-3)24(34-5)22(15-20)33-4)28-25(29-31(23)17(2)27-16)18-8-10-19(11-9-18)30-12-6-7-13-30/h8-11,14-15H,6-7,12-13H2,1-5H3. The van der Waals surface area contributed by atoms with Crippen molar-refractivity contribution in [2.24, 2.45) is 0 Å². The number of hydrogen-bond donors (Lipinski definition) is 0. The van der Waals surface area contributed by atoms with E-state index in [9.17, 15) is 0 Å². The Morgan fingerprint density at radius 3 is 2.09 bits per heavy atom. The molecule has 0 aliphatic carbocycles. The molecule has 5 rings (SSSR count). The summed E-state index contributed by atoms with van der Waals surface area (Å²) in [6, 6.07) is 11.8. The minimum atomic E-state index is 0.394. The van der Waals surface area contributed by atoms with Gasteiger partial charge in [0.25, 0.3) is 0 Å². The highest BCUT2D eigenvalue weighted by molar-refractivity contribution is 5.67. The van der Waals surface area contributed by atoms with Crippen molar-refractivity contribution in [1.82, 2.24) is 19.6 Å². The molecule has 1 fully saturated rings. The molecule has 3 heterocycles. The van der Waals surface area contributed by atoms with E-state index in [4.69, 9.17) is 29.0 Å². The number of aromatic nitrogens is 4. The molecule has 0 amide bonds.